The number of aliphatic carboxylic acids is 1. The van der Waals surface area contributed by atoms with Crippen molar-refractivity contribution in [1.29, 1.82) is 0 Å². The molecular weight excluding hydrogens is 360 g/mol. The van der Waals surface area contributed by atoms with Gasteiger partial charge in [-0.1, -0.05) is 38.1 Å². The van der Waals surface area contributed by atoms with Crippen LogP contribution in [-0.2, 0) is 9.59 Å². The molecule has 7 heteroatoms. The summed E-state index contributed by atoms with van der Waals surface area (Å²) in [4.78, 5) is 22.5. The summed E-state index contributed by atoms with van der Waals surface area (Å²) in [6.07, 6.45) is 2.45. The number of rotatable bonds is 10. The Bertz CT molecular complexity index is 818. The highest BCUT2D eigenvalue weighted by Crippen LogP contribution is 2.21. The van der Waals surface area contributed by atoms with Crippen LogP contribution < -0.4 is 14.9 Å². The van der Waals surface area contributed by atoms with Gasteiger partial charge < -0.3 is 14.6 Å². The molecule has 28 heavy (non-hydrogen) atoms. The molecule has 2 N–H and O–H groups in total. The molecule has 0 aliphatic carbocycles. The van der Waals surface area contributed by atoms with E-state index in [4.69, 9.17) is 14.6 Å². The van der Waals surface area contributed by atoms with E-state index in [-0.39, 0.29) is 6.61 Å². The summed E-state index contributed by atoms with van der Waals surface area (Å²) >= 11 is 0. The number of carbonyl (C=O) groups is 2. The summed E-state index contributed by atoms with van der Waals surface area (Å²) < 4.78 is 10.6. The average molecular weight is 384 g/mol. The molecule has 1 amide bonds. The number of hydrazone groups is 1. The zero-order chi connectivity index (χ0) is 20.4. The summed E-state index contributed by atoms with van der Waals surface area (Å²) in [5.41, 5.74) is 4.14. The molecule has 0 aliphatic rings. The molecule has 2 aromatic carbocycles. The van der Waals surface area contributed by atoms with E-state index in [1.165, 1.54) is 11.8 Å². The fraction of sp³-hybridized carbons (Fsp3) is 0.286. The maximum atomic E-state index is 11.9. The molecule has 148 valence electrons. The first-order chi connectivity index (χ1) is 13.5. The number of benzene rings is 2. The van der Waals surface area contributed by atoms with Crippen LogP contribution in [0.25, 0.3) is 0 Å². The second-order valence-electron chi connectivity index (χ2n) is 6.18. The van der Waals surface area contributed by atoms with Gasteiger partial charge in [-0.15, -0.1) is 0 Å². The summed E-state index contributed by atoms with van der Waals surface area (Å²) in [7, 11) is 0. The fourth-order valence-corrected chi connectivity index (χ4v) is 2.34. The minimum Gasteiger partial charge on any atom is -0.484 e. The molecule has 1 atom stereocenters. The number of carbonyl (C=O) groups excluding carboxylic acids is 1. The lowest BCUT2D eigenvalue weighted by atomic mass is 9.99. The third-order valence-corrected chi connectivity index (χ3v) is 4.09. The summed E-state index contributed by atoms with van der Waals surface area (Å²) in [6.45, 7) is 3.67. The monoisotopic (exact) mass is 384 g/mol. The van der Waals surface area contributed by atoms with Crippen molar-refractivity contribution in [2.75, 3.05) is 13.2 Å². The van der Waals surface area contributed by atoms with Crippen LogP contribution >= 0.6 is 0 Å². The van der Waals surface area contributed by atoms with Gasteiger partial charge in [-0.25, -0.2) is 10.2 Å². The maximum absolute atomic E-state index is 11.9. The predicted molar refractivity (Wildman–Crippen MR) is 106 cm³/mol. The van der Waals surface area contributed by atoms with Crippen LogP contribution in [0, 0.1) is 0 Å². The normalized spacial score (nSPS) is 11.8. The Morgan fingerprint density at radius 3 is 2.50 bits per heavy atom. The second kappa shape index (κ2) is 10.7. The van der Waals surface area contributed by atoms with Crippen molar-refractivity contribution in [2.24, 2.45) is 5.10 Å². The van der Waals surface area contributed by atoms with Crippen molar-refractivity contribution in [2.45, 2.75) is 26.2 Å². The molecule has 0 bridgehead atoms. The van der Waals surface area contributed by atoms with Gasteiger partial charge in [0.2, 0.25) is 0 Å². The number of carboxylic acids is 1. The third kappa shape index (κ3) is 6.75. The Morgan fingerprint density at radius 2 is 1.82 bits per heavy atom. The van der Waals surface area contributed by atoms with Gasteiger partial charge in [0.05, 0.1) is 6.21 Å². The molecule has 0 aliphatic heterocycles. The van der Waals surface area contributed by atoms with Crippen LogP contribution in [0.3, 0.4) is 0 Å². The van der Waals surface area contributed by atoms with Crippen molar-refractivity contribution >= 4 is 18.1 Å². The third-order valence-electron chi connectivity index (χ3n) is 4.09. The van der Waals surface area contributed by atoms with Crippen LogP contribution in [0.1, 0.15) is 37.3 Å². The van der Waals surface area contributed by atoms with E-state index in [2.05, 4.69) is 24.4 Å². The quantitative estimate of drug-likeness (QED) is 0.484. The van der Waals surface area contributed by atoms with Gasteiger partial charge >= 0.3 is 5.97 Å². The van der Waals surface area contributed by atoms with Gasteiger partial charge in [0.25, 0.3) is 5.91 Å². The first-order valence-electron chi connectivity index (χ1n) is 8.98. The molecule has 0 radical (unpaired) electrons. The number of nitrogens with zero attached hydrogens (tertiary/aromatic N) is 1. The lowest BCUT2D eigenvalue weighted by molar-refractivity contribution is -0.139. The Balaban J connectivity index is 1.83. The van der Waals surface area contributed by atoms with Crippen molar-refractivity contribution in [3.05, 3.63) is 59.7 Å². The van der Waals surface area contributed by atoms with Gasteiger partial charge in [0, 0.05) is 5.56 Å². The van der Waals surface area contributed by atoms with E-state index in [1.54, 1.807) is 24.3 Å². The first-order valence-corrected chi connectivity index (χ1v) is 8.98. The van der Waals surface area contributed by atoms with Gasteiger partial charge in [-0.2, -0.15) is 5.10 Å². The lowest BCUT2D eigenvalue weighted by Gasteiger charge is -2.10. The summed E-state index contributed by atoms with van der Waals surface area (Å²) in [5.74, 6) is -0.0336. The molecule has 0 spiro atoms. The van der Waals surface area contributed by atoms with E-state index in [0.717, 1.165) is 6.42 Å². The Hall–Kier alpha value is -3.35. The molecule has 0 fully saturated rings. The lowest BCUT2D eigenvalue weighted by Crippen LogP contribution is -2.24. The average Bonchev–Trinajstić information content (AvgIpc) is 2.71. The minimum atomic E-state index is -1.07. The van der Waals surface area contributed by atoms with Crippen LogP contribution in [0.5, 0.6) is 11.5 Å². The molecule has 0 saturated heterocycles. The Labute approximate surface area is 164 Å². The zero-order valence-electron chi connectivity index (χ0n) is 15.9. The number of nitrogens with one attached hydrogen (secondary N) is 1. The number of carboxylic acid groups (broad SMARTS) is 1. The maximum Gasteiger partial charge on any atom is 0.341 e. The van der Waals surface area contributed by atoms with E-state index < -0.39 is 18.5 Å². The highest BCUT2D eigenvalue weighted by atomic mass is 16.5. The van der Waals surface area contributed by atoms with Crippen LogP contribution in [0.15, 0.2) is 53.6 Å². The summed E-state index contributed by atoms with van der Waals surface area (Å²) in [5, 5.41) is 12.6. The van der Waals surface area contributed by atoms with Crippen molar-refractivity contribution in [1.82, 2.24) is 5.43 Å². The Kier molecular flexibility index (Phi) is 8.02. The molecule has 2 rings (SSSR count). The fourth-order valence-electron chi connectivity index (χ4n) is 2.34. The van der Waals surface area contributed by atoms with Crippen molar-refractivity contribution in [3.8, 4) is 11.5 Å². The molecule has 0 saturated carbocycles. The van der Waals surface area contributed by atoms with Gasteiger partial charge in [0.1, 0.15) is 11.5 Å². The van der Waals surface area contributed by atoms with E-state index in [0.29, 0.717) is 23.0 Å². The highest BCUT2D eigenvalue weighted by molar-refractivity contribution is 5.85. The highest BCUT2D eigenvalue weighted by Gasteiger charge is 2.06. The molecule has 0 unspecified atom stereocenters. The van der Waals surface area contributed by atoms with Crippen LogP contribution in [-0.4, -0.2) is 36.4 Å². The molecule has 0 heterocycles. The topological polar surface area (TPSA) is 97.2 Å². The summed E-state index contributed by atoms with van der Waals surface area (Å²) in [6, 6.07) is 14.5. The number of para-hydroxylation sites is 1. The SMILES string of the molecule is CC[C@@H](C)c1ccc(OCC(=O)N/N=C/c2ccccc2OCC(=O)O)cc1. The van der Waals surface area contributed by atoms with Gasteiger partial charge in [0.15, 0.2) is 13.2 Å². The largest absolute Gasteiger partial charge is 0.484 e. The Morgan fingerprint density at radius 1 is 1.11 bits per heavy atom. The van der Waals surface area contributed by atoms with E-state index >= 15 is 0 Å². The van der Waals surface area contributed by atoms with Gasteiger partial charge in [-0.3, -0.25) is 4.79 Å². The predicted octanol–water partition coefficient (Wildman–Crippen LogP) is 3.19. The van der Waals surface area contributed by atoms with E-state index in [1.807, 2.05) is 24.3 Å². The second-order valence-corrected chi connectivity index (χ2v) is 6.18. The zero-order valence-corrected chi connectivity index (χ0v) is 15.9. The number of hydrogen-bond acceptors (Lipinski definition) is 5. The van der Waals surface area contributed by atoms with Crippen LogP contribution in [0.4, 0.5) is 0 Å². The standard InChI is InChI=1S/C21H24N2O5/c1-3-15(2)16-8-10-18(11-9-16)27-13-20(24)23-22-12-17-6-4-5-7-19(17)28-14-21(25)26/h4-12,15H,3,13-14H2,1-2H3,(H,23,24)(H,25,26)/b22-12+/t15-/m1/s1. The van der Waals surface area contributed by atoms with E-state index in [9.17, 15) is 9.59 Å². The molecule has 2 aromatic rings. The van der Waals surface area contributed by atoms with Crippen molar-refractivity contribution < 1.29 is 24.2 Å². The molecule has 7 nitrogen and oxygen atoms in total. The number of ether oxygens (including phenoxy) is 2. The molecule has 0 aromatic heterocycles. The number of amides is 1. The number of hydrogen-bond donors (Lipinski definition) is 2. The smallest absolute Gasteiger partial charge is 0.341 e. The molecular formula is C21H24N2O5. The minimum absolute atomic E-state index is 0.169. The first kappa shape index (κ1) is 21.0. The van der Waals surface area contributed by atoms with Gasteiger partial charge in [-0.05, 0) is 42.2 Å². The van der Waals surface area contributed by atoms with Crippen LogP contribution in [0.2, 0.25) is 0 Å². The van der Waals surface area contributed by atoms with Crippen molar-refractivity contribution in [3.63, 3.8) is 0 Å².